The van der Waals surface area contributed by atoms with Crippen LogP contribution < -0.4 is 15.0 Å². The zero-order valence-corrected chi connectivity index (χ0v) is 12.1. The first-order chi connectivity index (χ1) is 9.56. The van der Waals surface area contributed by atoms with Crippen LogP contribution in [0.15, 0.2) is 29.3 Å². The molecule has 0 bridgehead atoms. The Morgan fingerprint density at radius 2 is 1.70 bits per heavy atom. The van der Waals surface area contributed by atoms with Gasteiger partial charge in [-0.05, 0) is 18.1 Å². The van der Waals surface area contributed by atoms with Crippen LogP contribution in [-0.4, -0.2) is 24.2 Å². The molecule has 0 aliphatic rings. The molecule has 1 heterocycles. The maximum atomic E-state index is 12.0. The van der Waals surface area contributed by atoms with Crippen molar-refractivity contribution in [2.75, 3.05) is 14.2 Å². The van der Waals surface area contributed by atoms with Gasteiger partial charge in [-0.2, -0.15) is 0 Å². The van der Waals surface area contributed by atoms with Gasteiger partial charge in [0.1, 0.15) is 11.5 Å². The summed E-state index contributed by atoms with van der Waals surface area (Å²) in [5, 5.41) is 0. The van der Waals surface area contributed by atoms with E-state index in [1.54, 1.807) is 20.3 Å². The Bertz CT molecular complexity index is 640. The van der Waals surface area contributed by atoms with Crippen molar-refractivity contribution in [2.24, 2.45) is 0 Å². The van der Waals surface area contributed by atoms with Gasteiger partial charge in [-0.1, -0.05) is 13.8 Å². The van der Waals surface area contributed by atoms with Crippen LogP contribution in [0.3, 0.4) is 0 Å². The first kappa shape index (κ1) is 14.1. The normalized spacial score (nSPS) is 10.7. The molecule has 106 valence electrons. The number of aromatic nitrogens is 2. The Hall–Kier alpha value is -2.30. The number of hydrogen-bond acceptors (Lipinski definition) is 4. The predicted molar refractivity (Wildman–Crippen MR) is 77.5 cm³/mol. The van der Waals surface area contributed by atoms with Gasteiger partial charge in [0.05, 0.1) is 26.2 Å². The van der Waals surface area contributed by atoms with Crippen LogP contribution in [-0.2, 0) is 0 Å². The van der Waals surface area contributed by atoms with E-state index in [0.717, 1.165) is 5.56 Å². The van der Waals surface area contributed by atoms with E-state index in [0.29, 0.717) is 22.8 Å². The van der Waals surface area contributed by atoms with E-state index < -0.39 is 0 Å². The highest BCUT2D eigenvalue weighted by molar-refractivity contribution is 5.67. The molecule has 2 rings (SSSR count). The molecular formula is C15H18N2O3. The fourth-order valence-electron chi connectivity index (χ4n) is 2.12. The SMILES string of the molecule is COc1cc(OC)cc(-c2nc[nH]c(=O)c2C(C)C)c1. The zero-order valence-electron chi connectivity index (χ0n) is 12.1. The monoisotopic (exact) mass is 274 g/mol. The maximum Gasteiger partial charge on any atom is 0.254 e. The molecule has 20 heavy (non-hydrogen) atoms. The first-order valence-electron chi connectivity index (χ1n) is 6.37. The van der Waals surface area contributed by atoms with Crippen molar-refractivity contribution < 1.29 is 9.47 Å². The number of hydrogen-bond donors (Lipinski definition) is 1. The number of benzene rings is 1. The summed E-state index contributed by atoms with van der Waals surface area (Å²) in [5.74, 6) is 1.40. The molecule has 0 unspecified atom stereocenters. The van der Waals surface area contributed by atoms with Gasteiger partial charge in [-0.3, -0.25) is 4.79 Å². The van der Waals surface area contributed by atoms with Crippen molar-refractivity contribution in [2.45, 2.75) is 19.8 Å². The summed E-state index contributed by atoms with van der Waals surface area (Å²) in [6.45, 7) is 3.93. The summed E-state index contributed by atoms with van der Waals surface area (Å²) in [7, 11) is 3.18. The van der Waals surface area contributed by atoms with Crippen LogP contribution in [0.1, 0.15) is 25.3 Å². The van der Waals surface area contributed by atoms with Gasteiger partial charge >= 0.3 is 0 Å². The molecule has 0 saturated carbocycles. The average molecular weight is 274 g/mol. The Morgan fingerprint density at radius 1 is 1.10 bits per heavy atom. The lowest BCUT2D eigenvalue weighted by molar-refractivity contribution is 0.394. The van der Waals surface area contributed by atoms with Gasteiger partial charge in [0.15, 0.2) is 0 Å². The van der Waals surface area contributed by atoms with Crippen molar-refractivity contribution in [1.82, 2.24) is 9.97 Å². The second-order valence-corrected chi connectivity index (χ2v) is 4.75. The third-order valence-electron chi connectivity index (χ3n) is 3.09. The molecule has 5 nitrogen and oxygen atoms in total. The van der Waals surface area contributed by atoms with E-state index in [9.17, 15) is 4.79 Å². The third kappa shape index (κ3) is 2.66. The van der Waals surface area contributed by atoms with E-state index in [2.05, 4.69) is 9.97 Å². The number of aromatic amines is 1. The lowest BCUT2D eigenvalue weighted by Crippen LogP contribution is -2.16. The van der Waals surface area contributed by atoms with Crippen molar-refractivity contribution in [3.63, 3.8) is 0 Å². The molecule has 1 N–H and O–H groups in total. The minimum Gasteiger partial charge on any atom is -0.497 e. The largest absolute Gasteiger partial charge is 0.497 e. The number of rotatable bonds is 4. The molecule has 0 saturated heterocycles. The lowest BCUT2D eigenvalue weighted by Gasteiger charge is -2.12. The summed E-state index contributed by atoms with van der Waals surface area (Å²) in [5.41, 5.74) is 1.99. The molecular weight excluding hydrogens is 256 g/mol. The summed E-state index contributed by atoms with van der Waals surface area (Å²) in [6.07, 6.45) is 1.41. The van der Waals surface area contributed by atoms with Crippen molar-refractivity contribution in [3.8, 4) is 22.8 Å². The molecule has 0 fully saturated rings. The van der Waals surface area contributed by atoms with Crippen molar-refractivity contribution >= 4 is 0 Å². The van der Waals surface area contributed by atoms with Crippen LogP contribution in [0.5, 0.6) is 11.5 Å². The van der Waals surface area contributed by atoms with Crippen LogP contribution in [0, 0.1) is 0 Å². The molecule has 0 atom stereocenters. The Balaban J connectivity index is 2.68. The number of methoxy groups -OCH3 is 2. The van der Waals surface area contributed by atoms with Crippen LogP contribution in [0.25, 0.3) is 11.3 Å². The highest BCUT2D eigenvalue weighted by Crippen LogP contribution is 2.31. The van der Waals surface area contributed by atoms with Crippen LogP contribution >= 0.6 is 0 Å². The third-order valence-corrected chi connectivity index (χ3v) is 3.09. The van der Waals surface area contributed by atoms with Gasteiger partial charge in [0.25, 0.3) is 5.56 Å². The highest BCUT2D eigenvalue weighted by atomic mass is 16.5. The summed E-state index contributed by atoms with van der Waals surface area (Å²) >= 11 is 0. The number of H-pyrrole nitrogens is 1. The second-order valence-electron chi connectivity index (χ2n) is 4.75. The second kappa shape index (κ2) is 5.77. The highest BCUT2D eigenvalue weighted by Gasteiger charge is 2.15. The van der Waals surface area contributed by atoms with Crippen molar-refractivity contribution in [1.29, 1.82) is 0 Å². The maximum absolute atomic E-state index is 12.0. The molecule has 0 spiro atoms. The van der Waals surface area contributed by atoms with E-state index >= 15 is 0 Å². The number of nitrogens with one attached hydrogen (secondary N) is 1. The quantitative estimate of drug-likeness (QED) is 0.930. The smallest absolute Gasteiger partial charge is 0.254 e. The first-order valence-corrected chi connectivity index (χ1v) is 6.37. The minimum atomic E-state index is -0.119. The van der Waals surface area contributed by atoms with Gasteiger partial charge in [0, 0.05) is 17.2 Å². The summed E-state index contributed by atoms with van der Waals surface area (Å²) < 4.78 is 10.5. The Kier molecular flexibility index (Phi) is 4.08. The zero-order chi connectivity index (χ0) is 14.7. The number of ether oxygens (including phenoxy) is 2. The standard InChI is InChI=1S/C15H18N2O3/c1-9(2)13-14(16-8-17-15(13)18)10-5-11(19-3)7-12(6-10)20-4/h5-9H,1-4H3,(H,16,17,18). The van der Waals surface area contributed by atoms with Crippen molar-refractivity contribution in [3.05, 3.63) is 40.4 Å². The average Bonchev–Trinajstić information content (AvgIpc) is 2.45. The molecule has 0 aliphatic carbocycles. The van der Waals surface area contributed by atoms with E-state index in [-0.39, 0.29) is 11.5 Å². The van der Waals surface area contributed by atoms with Gasteiger partial charge < -0.3 is 14.5 Å². The molecule has 1 aromatic carbocycles. The summed E-state index contributed by atoms with van der Waals surface area (Å²) in [4.78, 5) is 18.9. The van der Waals surface area contributed by atoms with E-state index in [4.69, 9.17) is 9.47 Å². The molecule has 2 aromatic rings. The molecule has 1 aromatic heterocycles. The van der Waals surface area contributed by atoms with Gasteiger partial charge in [-0.25, -0.2) is 4.98 Å². The van der Waals surface area contributed by atoms with Crippen LogP contribution in [0.2, 0.25) is 0 Å². The van der Waals surface area contributed by atoms with Gasteiger partial charge in [-0.15, -0.1) is 0 Å². The Labute approximate surface area is 117 Å². The molecule has 5 heteroatoms. The fourth-order valence-corrected chi connectivity index (χ4v) is 2.12. The lowest BCUT2D eigenvalue weighted by atomic mass is 9.98. The molecule has 0 radical (unpaired) electrons. The molecule has 0 aliphatic heterocycles. The van der Waals surface area contributed by atoms with E-state index in [1.807, 2.05) is 26.0 Å². The predicted octanol–water partition coefficient (Wildman–Crippen LogP) is 2.58. The van der Waals surface area contributed by atoms with Crippen LogP contribution in [0.4, 0.5) is 0 Å². The topological polar surface area (TPSA) is 64.2 Å². The Morgan fingerprint density at radius 3 is 2.20 bits per heavy atom. The van der Waals surface area contributed by atoms with E-state index in [1.165, 1.54) is 6.33 Å². The van der Waals surface area contributed by atoms with Gasteiger partial charge in [0.2, 0.25) is 0 Å². The number of nitrogens with zero attached hydrogens (tertiary/aromatic N) is 1. The minimum absolute atomic E-state index is 0.0691. The molecule has 0 amide bonds. The fraction of sp³-hybridized carbons (Fsp3) is 0.333. The summed E-state index contributed by atoms with van der Waals surface area (Å²) in [6, 6.07) is 5.47.